The number of hydrogen-bond acceptors (Lipinski definition) is 2. The highest BCUT2D eigenvalue weighted by atomic mass is 32.1. The Kier molecular flexibility index (Phi) is 5.77. The summed E-state index contributed by atoms with van der Waals surface area (Å²) in [6, 6.07) is 10.5. The van der Waals surface area contributed by atoms with E-state index in [0.29, 0.717) is 0 Å². The Hall–Kier alpha value is -2.16. The summed E-state index contributed by atoms with van der Waals surface area (Å²) in [5.74, 6) is 0. The molecular formula is C15H16BF4N3S. The monoisotopic (exact) mass is 357 g/mol. The zero-order valence-corrected chi connectivity index (χ0v) is 14.0. The first-order chi connectivity index (χ1) is 11.3. The van der Waals surface area contributed by atoms with Crippen molar-refractivity contribution in [2.24, 2.45) is 12.0 Å². The molecule has 2 aromatic heterocycles. The van der Waals surface area contributed by atoms with Crippen LogP contribution in [-0.4, -0.2) is 11.8 Å². The number of aryl methyl sites for hydroxylation is 2. The predicted molar refractivity (Wildman–Crippen MR) is 88.5 cm³/mol. The fraction of sp³-hybridized carbons (Fsp3) is 0.200. The second-order valence-corrected chi connectivity index (χ2v) is 5.78. The molecule has 0 fully saturated rings. The number of halogens is 4. The van der Waals surface area contributed by atoms with Crippen molar-refractivity contribution in [3.63, 3.8) is 0 Å². The van der Waals surface area contributed by atoms with Crippen LogP contribution in [0.1, 0.15) is 6.92 Å². The second-order valence-electron chi connectivity index (χ2n) is 4.91. The van der Waals surface area contributed by atoms with Gasteiger partial charge in [0.1, 0.15) is 6.20 Å². The van der Waals surface area contributed by atoms with Crippen LogP contribution in [0.5, 0.6) is 0 Å². The number of pyridine rings is 1. The fourth-order valence-corrected chi connectivity index (χ4v) is 2.93. The summed E-state index contributed by atoms with van der Waals surface area (Å²) in [7, 11) is -3.98. The van der Waals surface area contributed by atoms with E-state index >= 15 is 0 Å². The van der Waals surface area contributed by atoms with Crippen LogP contribution < -0.4 is 9.92 Å². The Morgan fingerprint density at radius 2 is 1.83 bits per heavy atom. The molecule has 0 saturated carbocycles. The van der Waals surface area contributed by atoms with Gasteiger partial charge in [-0.25, -0.2) is 4.57 Å². The van der Waals surface area contributed by atoms with E-state index in [1.54, 1.807) is 11.3 Å². The molecule has 3 aromatic rings. The van der Waals surface area contributed by atoms with Crippen LogP contribution in [-0.2, 0) is 13.6 Å². The normalized spacial score (nSPS) is 12.2. The third-order valence-corrected chi connectivity index (χ3v) is 4.07. The third-order valence-electron chi connectivity index (χ3n) is 3.22. The quantitative estimate of drug-likeness (QED) is 0.375. The number of fused-ring (bicyclic) bond motifs is 1. The molecule has 0 bridgehead atoms. The molecule has 2 heterocycles. The van der Waals surface area contributed by atoms with Crippen LogP contribution in [0.25, 0.3) is 10.9 Å². The number of para-hydroxylation sites is 1. The van der Waals surface area contributed by atoms with Crippen molar-refractivity contribution < 1.29 is 21.8 Å². The summed E-state index contributed by atoms with van der Waals surface area (Å²) in [6.07, 6.45) is 4.13. The van der Waals surface area contributed by atoms with Gasteiger partial charge in [0, 0.05) is 29.6 Å². The molecular weight excluding hydrogens is 341 g/mol. The van der Waals surface area contributed by atoms with E-state index in [2.05, 4.69) is 53.4 Å². The Balaban J connectivity index is 0.000000368. The van der Waals surface area contributed by atoms with E-state index in [-0.39, 0.29) is 0 Å². The molecule has 0 radical (unpaired) electrons. The van der Waals surface area contributed by atoms with Gasteiger partial charge in [0.2, 0.25) is 0 Å². The molecule has 0 spiro atoms. The lowest BCUT2D eigenvalue weighted by atomic mass is 10.2. The van der Waals surface area contributed by atoms with Gasteiger partial charge in [-0.1, -0.05) is 23.5 Å². The molecule has 9 heteroatoms. The van der Waals surface area contributed by atoms with Gasteiger partial charge in [-0.05, 0) is 24.0 Å². The molecule has 24 heavy (non-hydrogen) atoms. The van der Waals surface area contributed by atoms with Gasteiger partial charge in [-0.3, -0.25) is 0 Å². The lowest BCUT2D eigenvalue weighted by Gasteiger charge is -2.06. The molecule has 3 nitrogen and oxygen atoms in total. The number of hydrogen-bond donors (Lipinski definition) is 0. The first-order valence-electron chi connectivity index (χ1n) is 7.23. The molecule has 0 amide bonds. The van der Waals surface area contributed by atoms with E-state index in [1.165, 1.54) is 10.9 Å². The van der Waals surface area contributed by atoms with Gasteiger partial charge in [-0.15, -0.1) is 0 Å². The van der Waals surface area contributed by atoms with Gasteiger partial charge in [0.25, 0.3) is 0 Å². The Morgan fingerprint density at radius 1 is 1.17 bits per heavy atom. The van der Waals surface area contributed by atoms with Gasteiger partial charge < -0.3 is 21.8 Å². The molecule has 0 aliphatic heterocycles. The zero-order chi connectivity index (χ0) is 17.7. The minimum atomic E-state index is -6.00. The number of aromatic nitrogens is 2. The molecule has 0 N–H and O–H groups in total. The van der Waals surface area contributed by atoms with Crippen LogP contribution in [0.15, 0.2) is 53.1 Å². The van der Waals surface area contributed by atoms with E-state index in [0.717, 1.165) is 17.0 Å². The molecule has 0 saturated heterocycles. The summed E-state index contributed by atoms with van der Waals surface area (Å²) >= 11 is 1.65. The van der Waals surface area contributed by atoms with E-state index < -0.39 is 7.25 Å². The summed E-state index contributed by atoms with van der Waals surface area (Å²) in [4.78, 5) is 4.77. The maximum Gasteiger partial charge on any atom is 0.673 e. The fourth-order valence-electron chi connectivity index (χ4n) is 2.18. The molecule has 0 atom stereocenters. The first kappa shape index (κ1) is 18.2. The van der Waals surface area contributed by atoms with E-state index in [1.807, 2.05) is 17.8 Å². The molecule has 3 rings (SSSR count). The standard InChI is InChI=1S/C15H16N3S.BF4/c1-3-18-9-8-13(12-6-4-5-7-14(12)18)16-15-17(2)10-11-19-15;2-1(3,4)5/h4-11H,3H2,1-2H3;/q+1;-1. The van der Waals surface area contributed by atoms with Crippen LogP contribution in [0.4, 0.5) is 22.4 Å². The summed E-state index contributed by atoms with van der Waals surface area (Å²) < 4.78 is 43.3. The van der Waals surface area contributed by atoms with Gasteiger partial charge in [0.05, 0.1) is 12.6 Å². The number of nitrogens with zero attached hydrogens (tertiary/aromatic N) is 3. The number of rotatable bonds is 2. The van der Waals surface area contributed by atoms with Crippen LogP contribution in [0, 0.1) is 0 Å². The minimum absolute atomic E-state index is 0.966. The maximum atomic E-state index is 9.75. The summed E-state index contributed by atoms with van der Waals surface area (Å²) in [5.41, 5.74) is 1.23. The van der Waals surface area contributed by atoms with Crippen molar-refractivity contribution in [2.45, 2.75) is 13.5 Å². The smallest absolute Gasteiger partial charge is 0.418 e. The SMILES string of the molecule is CCn1ccc(=Nc2scc[n+]2C)c2ccccc21.F[B-](F)(F)F. The van der Waals surface area contributed by atoms with Crippen molar-refractivity contribution in [2.75, 3.05) is 0 Å². The predicted octanol–water partition coefficient (Wildman–Crippen LogP) is 4.08. The van der Waals surface area contributed by atoms with Crippen molar-refractivity contribution in [1.82, 2.24) is 4.57 Å². The number of thiazole rings is 1. The minimum Gasteiger partial charge on any atom is -0.418 e. The molecule has 128 valence electrons. The lowest BCUT2D eigenvalue weighted by molar-refractivity contribution is -0.654. The van der Waals surface area contributed by atoms with Gasteiger partial charge in [0.15, 0.2) is 5.36 Å². The topological polar surface area (TPSA) is 21.2 Å². The van der Waals surface area contributed by atoms with E-state index in [4.69, 9.17) is 4.99 Å². The van der Waals surface area contributed by atoms with Crippen molar-refractivity contribution in [3.05, 3.63) is 53.5 Å². The van der Waals surface area contributed by atoms with Crippen molar-refractivity contribution in [3.8, 4) is 0 Å². The average molecular weight is 357 g/mol. The highest BCUT2D eigenvalue weighted by Gasteiger charge is 2.20. The maximum absolute atomic E-state index is 9.75. The summed E-state index contributed by atoms with van der Waals surface area (Å²) in [6.45, 7) is 3.12. The Labute approximate surface area is 140 Å². The van der Waals surface area contributed by atoms with E-state index in [9.17, 15) is 17.3 Å². The van der Waals surface area contributed by atoms with Crippen LogP contribution in [0.2, 0.25) is 0 Å². The molecule has 0 unspecified atom stereocenters. The van der Waals surface area contributed by atoms with Crippen molar-refractivity contribution >= 4 is 34.6 Å². The first-order valence-corrected chi connectivity index (χ1v) is 8.11. The summed E-state index contributed by atoms with van der Waals surface area (Å²) in [5, 5.41) is 5.29. The highest BCUT2D eigenvalue weighted by molar-refractivity contribution is 7.12. The number of benzene rings is 1. The van der Waals surface area contributed by atoms with Gasteiger partial charge in [-0.2, -0.15) is 0 Å². The molecule has 1 aromatic carbocycles. The van der Waals surface area contributed by atoms with Crippen LogP contribution >= 0.6 is 11.3 Å². The third kappa shape index (κ3) is 4.92. The Morgan fingerprint density at radius 3 is 2.42 bits per heavy atom. The second kappa shape index (κ2) is 7.61. The van der Waals surface area contributed by atoms with Gasteiger partial charge >= 0.3 is 12.4 Å². The average Bonchev–Trinajstić information content (AvgIpc) is 2.91. The zero-order valence-electron chi connectivity index (χ0n) is 13.2. The van der Waals surface area contributed by atoms with Crippen molar-refractivity contribution in [1.29, 1.82) is 0 Å². The lowest BCUT2D eigenvalue weighted by Crippen LogP contribution is -2.24. The highest BCUT2D eigenvalue weighted by Crippen LogP contribution is 2.14. The molecule has 0 aliphatic rings. The Bertz CT molecular complexity index is 880. The largest absolute Gasteiger partial charge is 0.673 e. The van der Waals surface area contributed by atoms with Crippen LogP contribution in [0.3, 0.4) is 0 Å². The molecule has 0 aliphatic carbocycles.